The maximum atomic E-state index is 12.1. The summed E-state index contributed by atoms with van der Waals surface area (Å²) in [6, 6.07) is 1.03. The molecule has 0 radical (unpaired) electrons. The van der Waals surface area contributed by atoms with Crippen LogP contribution >= 0.6 is 0 Å². The zero-order valence-electron chi connectivity index (χ0n) is 11.0. The standard InChI is InChI=1S/C13H17N3O4/c17-12(9-3-4-14-6-9)15-11-8-20-16(13(11)18)7-10-2-1-5-19-10/h3-4,6,10-11,14H,1-2,5,7-8H2,(H,15,17)/t10?,11-/m1/s1. The van der Waals surface area contributed by atoms with Crippen LogP contribution in [-0.4, -0.2) is 53.8 Å². The van der Waals surface area contributed by atoms with Gasteiger partial charge in [0.05, 0.1) is 18.2 Å². The third kappa shape index (κ3) is 2.68. The number of ether oxygens (including phenoxy) is 1. The zero-order chi connectivity index (χ0) is 13.9. The number of H-pyrrole nitrogens is 1. The van der Waals surface area contributed by atoms with Crippen molar-refractivity contribution in [3.63, 3.8) is 0 Å². The van der Waals surface area contributed by atoms with Crippen LogP contribution < -0.4 is 5.32 Å². The molecule has 0 aliphatic carbocycles. The highest BCUT2D eigenvalue weighted by molar-refractivity contribution is 5.97. The van der Waals surface area contributed by atoms with Crippen molar-refractivity contribution in [1.29, 1.82) is 0 Å². The molecule has 7 heteroatoms. The molecule has 2 amide bonds. The Labute approximate surface area is 116 Å². The van der Waals surface area contributed by atoms with E-state index in [0.717, 1.165) is 19.4 Å². The summed E-state index contributed by atoms with van der Waals surface area (Å²) in [6.45, 7) is 1.33. The number of amides is 2. The highest BCUT2D eigenvalue weighted by Gasteiger charge is 2.36. The van der Waals surface area contributed by atoms with Crippen LogP contribution in [0.5, 0.6) is 0 Å². The van der Waals surface area contributed by atoms with Crippen molar-refractivity contribution in [3.05, 3.63) is 24.0 Å². The highest BCUT2D eigenvalue weighted by Crippen LogP contribution is 2.17. The van der Waals surface area contributed by atoms with Crippen LogP contribution in [0.4, 0.5) is 0 Å². The smallest absolute Gasteiger partial charge is 0.271 e. The third-order valence-corrected chi connectivity index (χ3v) is 3.50. The highest BCUT2D eigenvalue weighted by atomic mass is 16.7. The number of nitrogens with one attached hydrogen (secondary N) is 2. The van der Waals surface area contributed by atoms with Gasteiger partial charge in [0.2, 0.25) is 0 Å². The second kappa shape index (κ2) is 5.64. The molecule has 0 aromatic carbocycles. The SMILES string of the molecule is O=C(N[C@@H]1CON(CC2CCCO2)C1=O)c1cc[nH]c1. The van der Waals surface area contributed by atoms with E-state index in [4.69, 9.17) is 9.57 Å². The molecule has 2 saturated heterocycles. The minimum atomic E-state index is -0.626. The second-order valence-corrected chi connectivity index (χ2v) is 4.96. The van der Waals surface area contributed by atoms with E-state index in [1.165, 1.54) is 5.06 Å². The minimum absolute atomic E-state index is 0.0399. The first kappa shape index (κ1) is 13.1. The molecule has 1 unspecified atom stereocenters. The Kier molecular flexibility index (Phi) is 3.70. The zero-order valence-corrected chi connectivity index (χ0v) is 11.0. The van der Waals surface area contributed by atoms with Crippen molar-refractivity contribution in [1.82, 2.24) is 15.4 Å². The van der Waals surface area contributed by atoms with Gasteiger partial charge in [-0.3, -0.25) is 14.4 Å². The number of hydrogen-bond donors (Lipinski definition) is 2. The van der Waals surface area contributed by atoms with Crippen LogP contribution in [0.2, 0.25) is 0 Å². The number of aromatic amines is 1. The fourth-order valence-electron chi connectivity index (χ4n) is 2.40. The Morgan fingerprint density at radius 1 is 1.55 bits per heavy atom. The van der Waals surface area contributed by atoms with Crippen LogP contribution in [0.1, 0.15) is 23.2 Å². The van der Waals surface area contributed by atoms with Crippen molar-refractivity contribution in [2.75, 3.05) is 19.8 Å². The molecule has 2 fully saturated rings. The molecule has 108 valence electrons. The van der Waals surface area contributed by atoms with Gasteiger partial charge in [-0.25, -0.2) is 5.06 Å². The summed E-state index contributed by atoms with van der Waals surface area (Å²) in [7, 11) is 0. The Morgan fingerprint density at radius 3 is 3.15 bits per heavy atom. The lowest BCUT2D eigenvalue weighted by Crippen LogP contribution is -2.43. The molecule has 0 bridgehead atoms. The molecule has 0 spiro atoms. The molecule has 0 saturated carbocycles. The summed E-state index contributed by atoms with van der Waals surface area (Å²) >= 11 is 0. The minimum Gasteiger partial charge on any atom is -0.376 e. The van der Waals surface area contributed by atoms with Gasteiger partial charge in [-0.1, -0.05) is 0 Å². The van der Waals surface area contributed by atoms with Crippen molar-refractivity contribution in [2.45, 2.75) is 25.0 Å². The number of rotatable bonds is 4. The predicted molar refractivity (Wildman–Crippen MR) is 68.7 cm³/mol. The van der Waals surface area contributed by atoms with Crippen molar-refractivity contribution < 1.29 is 19.2 Å². The Balaban J connectivity index is 1.54. The average Bonchev–Trinajstić information content (AvgIpc) is 3.16. The number of hydroxylamine groups is 2. The molecule has 1 aromatic heterocycles. The van der Waals surface area contributed by atoms with E-state index in [1.54, 1.807) is 18.5 Å². The molecule has 2 N–H and O–H groups in total. The number of carbonyl (C=O) groups is 2. The first-order valence-corrected chi connectivity index (χ1v) is 6.73. The molecule has 7 nitrogen and oxygen atoms in total. The quantitative estimate of drug-likeness (QED) is 0.816. The van der Waals surface area contributed by atoms with Gasteiger partial charge in [-0.2, -0.15) is 0 Å². The van der Waals surface area contributed by atoms with Crippen LogP contribution in [0, 0.1) is 0 Å². The first-order valence-electron chi connectivity index (χ1n) is 6.73. The third-order valence-electron chi connectivity index (χ3n) is 3.50. The van der Waals surface area contributed by atoms with Gasteiger partial charge in [-0.15, -0.1) is 0 Å². The molecule has 20 heavy (non-hydrogen) atoms. The van der Waals surface area contributed by atoms with Crippen LogP contribution in [0.15, 0.2) is 18.5 Å². The van der Waals surface area contributed by atoms with Gasteiger partial charge in [0.1, 0.15) is 12.6 Å². The topological polar surface area (TPSA) is 83.7 Å². The molecule has 3 rings (SSSR count). The van der Waals surface area contributed by atoms with Gasteiger partial charge < -0.3 is 15.0 Å². The fourth-order valence-corrected chi connectivity index (χ4v) is 2.40. The lowest BCUT2D eigenvalue weighted by molar-refractivity contribution is -0.168. The van der Waals surface area contributed by atoms with Crippen LogP contribution in [-0.2, 0) is 14.4 Å². The summed E-state index contributed by atoms with van der Waals surface area (Å²) in [6.07, 6.45) is 5.23. The van der Waals surface area contributed by atoms with Gasteiger partial charge >= 0.3 is 0 Å². The van der Waals surface area contributed by atoms with Crippen molar-refractivity contribution >= 4 is 11.8 Å². The van der Waals surface area contributed by atoms with Crippen LogP contribution in [0.25, 0.3) is 0 Å². The van der Waals surface area contributed by atoms with E-state index in [2.05, 4.69) is 10.3 Å². The lowest BCUT2D eigenvalue weighted by Gasteiger charge is -2.18. The molecule has 2 aliphatic rings. The largest absolute Gasteiger partial charge is 0.376 e. The normalized spacial score (nSPS) is 26.2. The molecule has 1 aromatic rings. The molecular formula is C13H17N3O4. The number of carbonyl (C=O) groups excluding carboxylic acids is 2. The summed E-state index contributed by atoms with van der Waals surface area (Å²) < 4.78 is 5.47. The molecule has 2 aliphatic heterocycles. The average molecular weight is 279 g/mol. The summed E-state index contributed by atoms with van der Waals surface area (Å²) in [5, 5.41) is 3.97. The second-order valence-electron chi connectivity index (χ2n) is 4.96. The van der Waals surface area contributed by atoms with E-state index >= 15 is 0 Å². The fraction of sp³-hybridized carbons (Fsp3) is 0.538. The van der Waals surface area contributed by atoms with Crippen molar-refractivity contribution in [2.24, 2.45) is 0 Å². The Morgan fingerprint density at radius 2 is 2.45 bits per heavy atom. The van der Waals surface area contributed by atoms with Gasteiger partial charge in [0, 0.05) is 19.0 Å². The van der Waals surface area contributed by atoms with E-state index in [9.17, 15) is 9.59 Å². The van der Waals surface area contributed by atoms with E-state index in [1.807, 2.05) is 0 Å². The lowest BCUT2D eigenvalue weighted by atomic mass is 10.2. The van der Waals surface area contributed by atoms with Gasteiger partial charge in [-0.05, 0) is 18.9 Å². The van der Waals surface area contributed by atoms with E-state index < -0.39 is 6.04 Å². The van der Waals surface area contributed by atoms with Gasteiger partial charge in [0.15, 0.2) is 0 Å². The predicted octanol–water partition coefficient (Wildman–Crippen LogP) is 0.0659. The number of nitrogens with zero attached hydrogens (tertiary/aromatic N) is 1. The van der Waals surface area contributed by atoms with E-state index in [0.29, 0.717) is 12.1 Å². The molecular weight excluding hydrogens is 262 g/mol. The van der Waals surface area contributed by atoms with Crippen molar-refractivity contribution in [3.8, 4) is 0 Å². The first-order chi connectivity index (χ1) is 9.74. The Hall–Kier alpha value is -1.86. The Bertz CT molecular complexity index is 482. The number of hydrogen-bond acceptors (Lipinski definition) is 4. The maximum Gasteiger partial charge on any atom is 0.271 e. The molecule has 3 heterocycles. The maximum absolute atomic E-state index is 12.1. The summed E-state index contributed by atoms with van der Waals surface area (Å²) in [5.74, 6) is -0.503. The summed E-state index contributed by atoms with van der Waals surface area (Å²) in [4.78, 5) is 32.1. The van der Waals surface area contributed by atoms with E-state index in [-0.39, 0.29) is 24.5 Å². The number of aromatic nitrogens is 1. The van der Waals surface area contributed by atoms with Crippen LogP contribution in [0.3, 0.4) is 0 Å². The monoisotopic (exact) mass is 279 g/mol. The molecule has 2 atom stereocenters. The van der Waals surface area contributed by atoms with Gasteiger partial charge in [0.25, 0.3) is 11.8 Å². The summed E-state index contributed by atoms with van der Waals surface area (Å²) in [5.41, 5.74) is 0.496.